The largest absolute Gasteiger partial charge is 0.505 e. The van der Waals surface area contributed by atoms with Gasteiger partial charge in [-0.1, -0.05) is 42.5 Å². The Hall–Kier alpha value is -5.72. The fourth-order valence-corrected chi connectivity index (χ4v) is 5.05. The average molecular weight is 679 g/mol. The van der Waals surface area contributed by atoms with Crippen LogP contribution in [0.2, 0.25) is 0 Å². The van der Waals surface area contributed by atoms with Crippen LogP contribution in [0.4, 0.5) is 45.5 Å². The van der Waals surface area contributed by atoms with E-state index in [2.05, 4.69) is 35.5 Å². The second-order valence-corrected chi connectivity index (χ2v) is 11.6. The summed E-state index contributed by atoms with van der Waals surface area (Å²) < 4.78 is 4.98. The van der Waals surface area contributed by atoms with E-state index in [0.29, 0.717) is 49.1 Å². The molecule has 0 atom stereocenters. The first-order valence-corrected chi connectivity index (χ1v) is 15.4. The van der Waals surface area contributed by atoms with E-state index in [9.17, 15) is 5.11 Å². The van der Waals surface area contributed by atoms with Crippen molar-refractivity contribution < 1.29 is 9.84 Å². The van der Waals surface area contributed by atoms with Gasteiger partial charge in [-0.3, -0.25) is 0 Å². The molecule has 246 valence electrons. The number of nitrogens with zero attached hydrogens (tertiary/aromatic N) is 2. The molecule has 10 nitrogen and oxygen atoms in total. The number of phenols is 1. The van der Waals surface area contributed by atoms with E-state index >= 15 is 0 Å². The molecular formula is C36H38N8O2S2. The van der Waals surface area contributed by atoms with Gasteiger partial charge in [0.05, 0.1) is 35.2 Å². The highest BCUT2D eigenvalue weighted by atomic mass is 32.1. The molecule has 0 heterocycles. The third kappa shape index (κ3) is 8.55. The molecule has 0 amide bonds. The number of rotatable bonds is 4. The summed E-state index contributed by atoms with van der Waals surface area (Å²) in [6.07, 6.45) is 0. The number of aromatic hydroxyl groups is 1. The fourth-order valence-electron chi connectivity index (χ4n) is 4.50. The van der Waals surface area contributed by atoms with Crippen LogP contribution in [0, 0.1) is 6.92 Å². The summed E-state index contributed by atoms with van der Waals surface area (Å²) in [6.45, 7) is 1.91. The summed E-state index contributed by atoms with van der Waals surface area (Å²) in [6, 6.07) is 31.6. The van der Waals surface area contributed by atoms with Crippen LogP contribution >= 0.6 is 25.3 Å². The number of fused-ring (bicyclic) bond motifs is 1. The lowest BCUT2D eigenvalue weighted by Gasteiger charge is -2.13. The smallest absolute Gasteiger partial charge is 0.153 e. The Morgan fingerprint density at radius 2 is 1.19 bits per heavy atom. The minimum atomic E-state index is -0.0879. The van der Waals surface area contributed by atoms with Gasteiger partial charge in [0.2, 0.25) is 0 Å². The molecule has 13 N–H and O–H groups in total. The van der Waals surface area contributed by atoms with E-state index in [-0.39, 0.29) is 17.1 Å². The van der Waals surface area contributed by atoms with E-state index in [4.69, 9.17) is 39.1 Å². The Morgan fingerprint density at radius 1 is 0.625 bits per heavy atom. The Morgan fingerprint density at radius 3 is 1.73 bits per heavy atom. The van der Waals surface area contributed by atoms with Crippen LogP contribution in [-0.2, 0) is 0 Å². The number of anilines is 6. The SMILES string of the molecule is COc1cc(N)c(C)cc1N.Nc1c(S)cc2c(S)cc(N=Nc3ccccc3)c(O)c2c1N.Nc1ccc(-c2ccc(N)cc2)cc1. The second-order valence-electron chi connectivity index (χ2n) is 10.6. The zero-order chi connectivity index (χ0) is 35.0. The topological polar surface area (TPSA) is 210 Å². The van der Waals surface area contributed by atoms with E-state index in [1.54, 1.807) is 31.4 Å². The van der Waals surface area contributed by atoms with Crippen molar-refractivity contribution in [2.24, 2.45) is 10.2 Å². The number of aryl methyl sites for hydroxylation is 1. The number of hydrogen-bond acceptors (Lipinski definition) is 12. The maximum atomic E-state index is 10.5. The van der Waals surface area contributed by atoms with Crippen LogP contribution in [0.1, 0.15) is 5.56 Å². The van der Waals surface area contributed by atoms with Crippen molar-refractivity contribution >= 4 is 81.5 Å². The first-order valence-electron chi connectivity index (χ1n) is 14.5. The monoisotopic (exact) mass is 678 g/mol. The van der Waals surface area contributed by atoms with Crippen LogP contribution in [0.15, 0.2) is 123 Å². The average Bonchev–Trinajstić information content (AvgIpc) is 3.08. The molecule has 6 aromatic rings. The van der Waals surface area contributed by atoms with Gasteiger partial charge in [0.15, 0.2) is 5.75 Å². The molecule has 0 aliphatic rings. The fraction of sp³-hybridized carbons (Fsp3) is 0.0556. The summed E-state index contributed by atoms with van der Waals surface area (Å²) >= 11 is 8.71. The summed E-state index contributed by atoms with van der Waals surface area (Å²) in [5.41, 5.74) is 42.0. The molecule has 0 bridgehead atoms. The molecule has 48 heavy (non-hydrogen) atoms. The van der Waals surface area contributed by atoms with E-state index in [0.717, 1.165) is 28.1 Å². The van der Waals surface area contributed by atoms with E-state index < -0.39 is 0 Å². The number of thiol groups is 2. The van der Waals surface area contributed by atoms with Crippen molar-refractivity contribution in [2.45, 2.75) is 16.7 Å². The number of methoxy groups -OCH3 is 1. The van der Waals surface area contributed by atoms with Gasteiger partial charge in [-0.2, -0.15) is 5.11 Å². The normalized spacial score (nSPS) is 10.6. The van der Waals surface area contributed by atoms with Crippen LogP contribution < -0.4 is 39.1 Å². The number of benzene rings is 6. The first-order chi connectivity index (χ1) is 22.9. The van der Waals surface area contributed by atoms with E-state index in [1.165, 1.54) is 0 Å². The number of phenolic OH excluding ortho intramolecular Hbond substituents is 1. The van der Waals surface area contributed by atoms with Gasteiger partial charge in [-0.05, 0) is 78.2 Å². The molecule has 6 rings (SSSR count). The summed E-state index contributed by atoms with van der Waals surface area (Å²) in [7, 11) is 1.57. The quantitative estimate of drug-likeness (QED) is 0.0501. The van der Waals surface area contributed by atoms with Crippen LogP contribution in [0.5, 0.6) is 11.5 Å². The van der Waals surface area contributed by atoms with Gasteiger partial charge in [0, 0.05) is 38.3 Å². The van der Waals surface area contributed by atoms with Gasteiger partial charge in [-0.25, -0.2) is 0 Å². The van der Waals surface area contributed by atoms with Gasteiger partial charge in [0.25, 0.3) is 0 Å². The van der Waals surface area contributed by atoms with Crippen molar-refractivity contribution in [3.63, 3.8) is 0 Å². The van der Waals surface area contributed by atoms with Gasteiger partial charge < -0.3 is 44.2 Å². The molecule has 0 saturated carbocycles. The van der Waals surface area contributed by atoms with E-state index in [1.807, 2.05) is 85.8 Å². The lowest BCUT2D eigenvalue weighted by molar-refractivity contribution is 0.417. The number of azo groups is 1. The van der Waals surface area contributed by atoms with Crippen molar-refractivity contribution in [3.05, 3.63) is 109 Å². The van der Waals surface area contributed by atoms with Gasteiger partial charge in [-0.15, -0.1) is 30.4 Å². The predicted octanol–water partition coefficient (Wildman–Crippen LogP) is 8.39. The zero-order valence-corrected chi connectivity index (χ0v) is 28.2. The van der Waals surface area contributed by atoms with Crippen molar-refractivity contribution in [1.82, 2.24) is 0 Å². The second kappa shape index (κ2) is 15.7. The van der Waals surface area contributed by atoms with Crippen molar-refractivity contribution in [3.8, 4) is 22.6 Å². The molecule has 0 radical (unpaired) electrons. The third-order valence-electron chi connectivity index (χ3n) is 7.22. The van der Waals surface area contributed by atoms with Crippen LogP contribution in [0.25, 0.3) is 21.9 Å². The summed E-state index contributed by atoms with van der Waals surface area (Å²) in [5, 5.41) is 19.7. The third-order valence-corrected chi connectivity index (χ3v) is 7.96. The van der Waals surface area contributed by atoms with Gasteiger partial charge in [0.1, 0.15) is 11.4 Å². The Bertz CT molecular complexity index is 2010. The predicted molar refractivity (Wildman–Crippen MR) is 207 cm³/mol. The number of hydrogen-bond donors (Lipinski definition) is 9. The molecule has 0 spiro atoms. The molecule has 0 fully saturated rings. The summed E-state index contributed by atoms with van der Waals surface area (Å²) in [5.74, 6) is 0.545. The number of nitrogen functional groups attached to an aromatic ring is 6. The molecule has 12 heteroatoms. The molecule has 0 saturated heterocycles. The highest BCUT2D eigenvalue weighted by Gasteiger charge is 2.16. The minimum absolute atomic E-state index is 0.0879. The minimum Gasteiger partial charge on any atom is -0.505 e. The molecule has 6 aromatic carbocycles. The molecule has 0 aliphatic heterocycles. The number of ether oxygens (including phenoxy) is 1. The molecule has 0 aliphatic carbocycles. The highest BCUT2D eigenvalue weighted by molar-refractivity contribution is 7.80. The van der Waals surface area contributed by atoms with Crippen LogP contribution in [-0.4, -0.2) is 12.2 Å². The lowest BCUT2D eigenvalue weighted by Crippen LogP contribution is -1.97. The van der Waals surface area contributed by atoms with Crippen molar-refractivity contribution in [2.75, 3.05) is 41.5 Å². The van der Waals surface area contributed by atoms with Crippen molar-refractivity contribution in [1.29, 1.82) is 0 Å². The first kappa shape index (κ1) is 35.1. The Kier molecular flexibility index (Phi) is 11.5. The van der Waals surface area contributed by atoms with Gasteiger partial charge >= 0.3 is 0 Å². The summed E-state index contributed by atoms with van der Waals surface area (Å²) in [4.78, 5) is 1.13. The Balaban J connectivity index is 0.000000177. The number of nitrogens with two attached hydrogens (primary N) is 6. The zero-order valence-electron chi connectivity index (χ0n) is 26.4. The van der Waals surface area contributed by atoms with Crippen LogP contribution in [0.3, 0.4) is 0 Å². The Labute approximate surface area is 290 Å². The maximum Gasteiger partial charge on any atom is 0.153 e. The highest BCUT2D eigenvalue weighted by Crippen LogP contribution is 2.45. The standard InChI is InChI=1S/C16H14N4OS2.C12H12N2.C8H12N2O/c17-14-12(23)6-9-11(22)7-10(16(21)13(9)15(14)18)20-19-8-4-2-1-3-5-8;13-11-5-1-9(2-6-11)10-3-7-12(14)8-4-10;1-5-3-7(10)8(11-2)4-6(5)9/h1-7,21-23H,17-18H2;1-8H,13-14H2;3-4H,9-10H2,1-2H3. The molecular weight excluding hydrogens is 641 g/mol. The molecule has 0 aromatic heterocycles. The maximum absolute atomic E-state index is 10.5. The lowest BCUT2D eigenvalue weighted by atomic mass is 10.1. The molecule has 0 unspecified atom stereocenters.